The van der Waals surface area contributed by atoms with Gasteiger partial charge in [-0.05, 0) is 37.0 Å². The first kappa shape index (κ1) is 13.3. The van der Waals surface area contributed by atoms with Gasteiger partial charge in [-0.15, -0.1) is 0 Å². The quantitative estimate of drug-likeness (QED) is 0.820. The van der Waals surface area contributed by atoms with Gasteiger partial charge in [-0.2, -0.15) is 13.2 Å². The molecule has 100 valence electrons. The van der Waals surface area contributed by atoms with Gasteiger partial charge in [-0.3, -0.25) is 0 Å². The second-order valence-corrected chi connectivity index (χ2v) is 4.81. The fourth-order valence-electron chi connectivity index (χ4n) is 2.37. The zero-order valence-corrected chi connectivity index (χ0v) is 9.89. The van der Waals surface area contributed by atoms with E-state index in [1.165, 1.54) is 0 Å². The maximum Gasteiger partial charge on any atom is 0.416 e. The fraction of sp³-hybridized carbons (Fsp3) is 0.538. The summed E-state index contributed by atoms with van der Waals surface area (Å²) in [5.41, 5.74) is -2.56. The number of alkyl halides is 3. The lowest BCUT2D eigenvalue weighted by atomic mass is 10.00. The van der Waals surface area contributed by atoms with Crippen LogP contribution in [0.2, 0.25) is 0 Å². The van der Waals surface area contributed by atoms with Gasteiger partial charge in [0.15, 0.2) is 0 Å². The normalized spacial score (nSPS) is 27.3. The Balaban J connectivity index is 2.34. The molecule has 1 fully saturated rings. The molecule has 2 unspecified atom stereocenters. The monoisotopic (exact) mass is 262 g/mol. The Morgan fingerprint density at radius 1 is 1.39 bits per heavy atom. The molecule has 0 radical (unpaired) electrons. The summed E-state index contributed by atoms with van der Waals surface area (Å²) in [5.74, 6) is -0.912. The summed E-state index contributed by atoms with van der Waals surface area (Å²) < 4.78 is 51.2. The largest absolute Gasteiger partial charge is 0.416 e. The van der Waals surface area contributed by atoms with Crippen LogP contribution in [-0.2, 0) is 11.8 Å². The van der Waals surface area contributed by atoms with Crippen LogP contribution in [0.15, 0.2) is 18.2 Å². The van der Waals surface area contributed by atoms with Crippen molar-refractivity contribution >= 4 is 0 Å². The van der Waals surface area contributed by atoms with Gasteiger partial charge in [-0.25, -0.2) is 4.39 Å². The summed E-state index contributed by atoms with van der Waals surface area (Å²) in [6, 6.07) is 2.20. The predicted octanol–water partition coefficient (Wildman–Crippen LogP) is 3.85. The van der Waals surface area contributed by atoms with Gasteiger partial charge in [0.2, 0.25) is 0 Å². The van der Waals surface area contributed by atoms with E-state index in [0.717, 1.165) is 18.6 Å². The summed E-state index contributed by atoms with van der Waals surface area (Å²) >= 11 is 0. The number of benzene rings is 1. The van der Waals surface area contributed by atoms with Crippen molar-refractivity contribution in [3.63, 3.8) is 0 Å². The van der Waals surface area contributed by atoms with Crippen molar-refractivity contribution < 1.29 is 22.7 Å². The van der Waals surface area contributed by atoms with Crippen LogP contribution in [0.25, 0.3) is 0 Å². The Hall–Kier alpha value is -1.10. The molecule has 0 amide bonds. The van der Waals surface area contributed by atoms with E-state index in [1.54, 1.807) is 0 Å². The Kier molecular flexibility index (Phi) is 3.13. The van der Waals surface area contributed by atoms with E-state index in [-0.39, 0.29) is 11.5 Å². The summed E-state index contributed by atoms with van der Waals surface area (Å²) in [6.45, 7) is 1.92. The minimum atomic E-state index is -4.52. The van der Waals surface area contributed by atoms with Crippen LogP contribution in [0.4, 0.5) is 17.6 Å². The first-order chi connectivity index (χ1) is 8.29. The SMILES string of the molecule is CCCC1CC1(O)c1cc(C(F)(F)F)ccc1F. The second-order valence-electron chi connectivity index (χ2n) is 4.81. The lowest BCUT2D eigenvalue weighted by Crippen LogP contribution is -2.14. The summed E-state index contributed by atoms with van der Waals surface area (Å²) in [5, 5.41) is 10.2. The molecule has 2 atom stereocenters. The van der Waals surface area contributed by atoms with Crippen molar-refractivity contribution in [2.24, 2.45) is 5.92 Å². The Labute approximate surface area is 102 Å². The highest BCUT2D eigenvalue weighted by Gasteiger charge is 2.55. The third-order valence-electron chi connectivity index (χ3n) is 3.47. The number of hydrogen-bond donors (Lipinski definition) is 1. The Morgan fingerprint density at radius 3 is 2.61 bits per heavy atom. The topological polar surface area (TPSA) is 20.2 Å². The summed E-state index contributed by atoms with van der Waals surface area (Å²) in [4.78, 5) is 0. The fourth-order valence-corrected chi connectivity index (χ4v) is 2.37. The van der Waals surface area contributed by atoms with E-state index in [4.69, 9.17) is 0 Å². The standard InChI is InChI=1S/C13H14F4O/c1-2-3-9-7-12(9,18)10-6-8(13(15,16)17)4-5-11(10)14/h4-6,9,18H,2-3,7H2,1H3. The zero-order valence-electron chi connectivity index (χ0n) is 9.89. The maximum absolute atomic E-state index is 13.6. The predicted molar refractivity (Wildman–Crippen MR) is 58.3 cm³/mol. The molecule has 1 N–H and O–H groups in total. The van der Waals surface area contributed by atoms with E-state index < -0.39 is 23.2 Å². The van der Waals surface area contributed by atoms with E-state index >= 15 is 0 Å². The molecule has 0 spiro atoms. The van der Waals surface area contributed by atoms with Crippen molar-refractivity contribution in [1.29, 1.82) is 0 Å². The van der Waals surface area contributed by atoms with Gasteiger partial charge in [-0.1, -0.05) is 13.3 Å². The highest BCUT2D eigenvalue weighted by atomic mass is 19.4. The molecule has 0 bridgehead atoms. The number of halogens is 4. The van der Waals surface area contributed by atoms with Gasteiger partial charge >= 0.3 is 6.18 Å². The van der Waals surface area contributed by atoms with Crippen LogP contribution >= 0.6 is 0 Å². The molecule has 0 aromatic heterocycles. The van der Waals surface area contributed by atoms with Gasteiger partial charge in [0.25, 0.3) is 0 Å². The van der Waals surface area contributed by atoms with Crippen molar-refractivity contribution in [2.75, 3.05) is 0 Å². The van der Waals surface area contributed by atoms with Crippen LogP contribution in [0.5, 0.6) is 0 Å². The number of rotatable bonds is 3. The minimum Gasteiger partial charge on any atom is -0.385 e. The molecule has 2 rings (SSSR count). The van der Waals surface area contributed by atoms with Crippen molar-refractivity contribution in [1.82, 2.24) is 0 Å². The lowest BCUT2D eigenvalue weighted by molar-refractivity contribution is -0.137. The molecule has 0 aliphatic heterocycles. The molecule has 1 aliphatic rings. The molecule has 0 saturated heterocycles. The molecule has 18 heavy (non-hydrogen) atoms. The number of hydrogen-bond acceptors (Lipinski definition) is 1. The van der Waals surface area contributed by atoms with Crippen molar-refractivity contribution in [3.05, 3.63) is 35.1 Å². The summed E-state index contributed by atoms with van der Waals surface area (Å²) in [6.07, 6.45) is -2.69. The van der Waals surface area contributed by atoms with Crippen LogP contribution in [0.1, 0.15) is 37.3 Å². The van der Waals surface area contributed by atoms with Gasteiger partial charge in [0, 0.05) is 5.56 Å². The van der Waals surface area contributed by atoms with Crippen LogP contribution in [0, 0.1) is 11.7 Å². The Morgan fingerprint density at radius 2 is 2.06 bits per heavy atom. The molecule has 5 heteroatoms. The average molecular weight is 262 g/mol. The summed E-state index contributed by atoms with van der Waals surface area (Å²) in [7, 11) is 0. The third-order valence-corrected chi connectivity index (χ3v) is 3.47. The molecule has 0 heterocycles. The van der Waals surface area contributed by atoms with Crippen molar-refractivity contribution in [2.45, 2.75) is 38.0 Å². The number of aliphatic hydroxyl groups is 1. The van der Waals surface area contributed by atoms with Gasteiger partial charge < -0.3 is 5.11 Å². The molecule has 1 aromatic carbocycles. The van der Waals surface area contributed by atoms with Crippen LogP contribution in [0.3, 0.4) is 0 Å². The van der Waals surface area contributed by atoms with E-state index in [0.29, 0.717) is 18.9 Å². The average Bonchev–Trinajstić information content (AvgIpc) is 2.90. The van der Waals surface area contributed by atoms with Crippen LogP contribution < -0.4 is 0 Å². The molecular formula is C13H14F4O. The highest BCUT2D eigenvalue weighted by Crippen LogP contribution is 2.55. The molecule has 1 saturated carbocycles. The zero-order chi connectivity index (χ0) is 13.6. The van der Waals surface area contributed by atoms with Gasteiger partial charge in [0.05, 0.1) is 11.2 Å². The molecule has 1 nitrogen and oxygen atoms in total. The van der Waals surface area contributed by atoms with E-state index in [2.05, 4.69) is 0 Å². The first-order valence-corrected chi connectivity index (χ1v) is 5.88. The Bertz CT molecular complexity index is 455. The van der Waals surface area contributed by atoms with E-state index in [9.17, 15) is 22.7 Å². The molecule has 1 aliphatic carbocycles. The lowest BCUT2D eigenvalue weighted by Gasteiger charge is -2.15. The van der Waals surface area contributed by atoms with Crippen molar-refractivity contribution in [3.8, 4) is 0 Å². The minimum absolute atomic E-state index is 0.138. The second kappa shape index (κ2) is 4.23. The first-order valence-electron chi connectivity index (χ1n) is 5.88. The smallest absolute Gasteiger partial charge is 0.385 e. The molecular weight excluding hydrogens is 248 g/mol. The maximum atomic E-state index is 13.6. The van der Waals surface area contributed by atoms with Gasteiger partial charge in [0.1, 0.15) is 5.82 Å². The van der Waals surface area contributed by atoms with Crippen LogP contribution in [-0.4, -0.2) is 5.11 Å². The highest BCUT2D eigenvalue weighted by molar-refractivity contribution is 5.35. The third kappa shape index (κ3) is 2.23. The van der Waals surface area contributed by atoms with E-state index in [1.807, 2.05) is 6.92 Å². The molecule has 1 aromatic rings.